The van der Waals surface area contributed by atoms with Gasteiger partial charge in [0.15, 0.2) is 11.5 Å². The Morgan fingerprint density at radius 1 is 1.06 bits per heavy atom. The number of aromatic nitrogens is 3. The smallest absolute Gasteiger partial charge is 0.189 e. The van der Waals surface area contributed by atoms with E-state index < -0.39 is 0 Å². The fourth-order valence-corrected chi connectivity index (χ4v) is 1.70. The van der Waals surface area contributed by atoms with Crippen molar-refractivity contribution in [3.8, 4) is 5.75 Å². The molecule has 0 saturated heterocycles. The number of hydrogen-bond donors (Lipinski definition) is 1. The molecule has 0 radical (unpaired) electrons. The summed E-state index contributed by atoms with van der Waals surface area (Å²) in [5, 5.41) is 4.28. The van der Waals surface area contributed by atoms with Crippen LogP contribution in [0.3, 0.4) is 0 Å². The van der Waals surface area contributed by atoms with Gasteiger partial charge in [-0.3, -0.25) is 0 Å². The van der Waals surface area contributed by atoms with Gasteiger partial charge >= 0.3 is 0 Å². The van der Waals surface area contributed by atoms with Gasteiger partial charge in [0.2, 0.25) is 0 Å². The summed E-state index contributed by atoms with van der Waals surface area (Å²) in [6, 6.07) is 15.1. The average Bonchev–Trinajstić information content (AvgIpc) is 2.82. The van der Waals surface area contributed by atoms with E-state index in [4.69, 9.17) is 10.5 Å². The standard InChI is InChI=1S/C13H12N4O/c14-11-7-4-8-13-15-12(16-17(11)13)9-18-10-5-2-1-3-6-10/h1-8H,9,14H2. The lowest BCUT2D eigenvalue weighted by atomic mass is 10.3. The van der Waals surface area contributed by atoms with Crippen molar-refractivity contribution in [2.75, 3.05) is 5.73 Å². The first-order valence-corrected chi connectivity index (χ1v) is 5.61. The fraction of sp³-hybridized carbons (Fsp3) is 0.0769. The first-order chi connectivity index (χ1) is 8.83. The highest BCUT2D eigenvalue weighted by Gasteiger charge is 2.05. The predicted molar refractivity (Wildman–Crippen MR) is 68.2 cm³/mol. The minimum atomic E-state index is 0.325. The first-order valence-electron chi connectivity index (χ1n) is 5.61. The van der Waals surface area contributed by atoms with Gasteiger partial charge in [-0.2, -0.15) is 4.52 Å². The molecule has 0 fully saturated rings. The van der Waals surface area contributed by atoms with E-state index in [-0.39, 0.29) is 0 Å². The first kappa shape index (κ1) is 10.6. The molecule has 3 rings (SSSR count). The number of ether oxygens (including phenoxy) is 1. The van der Waals surface area contributed by atoms with Crippen LogP contribution in [-0.2, 0) is 6.61 Å². The summed E-state index contributed by atoms with van der Waals surface area (Å²) in [5.74, 6) is 1.96. The number of benzene rings is 1. The zero-order valence-electron chi connectivity index (χ0n) is 9.65. The quantitative estimate of drug-likeness (QED) is 0.759. The Hall–Kier alpha value is -2.56. The number of fused-ring (bicyclic) bond motifs is 1. The lowest BCUT2D eigenvalue weighted by Gasteiger charge is -2.01. The van der Waals surface area contributed by atoms with E-state index in [2.05, 4.69) is 10.1 Å². The average molecular weight is 240 g/mol. The summed E-state index contributed by atoms with van der Waals surface area (Å²) in [6.45, 7) is 0.325. The van der Waals surface area contributed by atoms with E-state index in [1.54, 1.807) is 10.6 Å². The predicted octanol–water partition coefficient (Wildman–Crippen LogP) is 1.89. The zero-order valence-corrected chi connectivity index (χ0v) is 9.65. The van der Waals surface area contributed by atoms with Crippen molar-refractivity contribution >= 4 is 11.5 Å². The van der Waals surface area contributed by atoms with Crippen molar-refractivity contribution in [2.24, 2.45) is 0 Å². The molecule has 1 aromatic carbocycles. The maximum Gasteiger partial charge on any atom is 0.189 e. The maximum absolute atomic E-state index is 5.80. The Morgan fingerprint density at radius 2 is 1.89 bits per heavy atom. The van der Waals surface area contributed by atoms with E-state index in [0.29, 0.717) is 18.2 Å². The van der Waals surface area contributed by atoms with Crippen molar-refractivity contribution in [2.45, 2.75) is 6.61 Å². The minimum Gasteiger partial charge on any atom is -0.486 e. The van der Waals surface area contributed by atoms with Crippen LogP contribution in [0.5, 0.6) is 5.75 Å². The van der Waals surface area contributed by atoms with Gasteiger partial charge in [-0.15, -0.1) is 5.10 Å². The number of anilines is 1. The number of hydrogen-bond acceptors (Lipinski definition) is 4. The topological polar surface area (TPSA) is 65.4 Å². The lowest BCUT2D eigenvalue weighted by Crippen LogP contribution is -2.00. The fourth-order valence-electron chi connectivity index (χ4n) is 1.70. The molecule has 5 nitrogen and oxygen atoms in total. The largest absolute Gasteiger partial charge is 0.486 e. The van der Waals surface area contributed by atoms with Crippen LogP contribution in [0.4, 0.5) is 5.82 Å². The molecule has 0 bridgehead atoms. The van der Waals surface area contributed by atoms with E-state index in [1.165, 1.54) is 0 Å². The Labute approximate surface area is 104 Å². The number of para-hydroxylation sites is 1. The highest BCUT2D eigenvalue weighted by atomic mass is 16.5. The molecule has 18 heavy (non-hydrogen) atoms. The number of nitrogens with zero attached hydrogens (tertiary/aromatic N) is 3. The summed E-state index contributed by atoms with van der Waals surface area (Å²) in [6.07, 6.45) is 0. The summed E-state index contributed by atoms with van der Waals surface area (Å²) in [7, 11) is 0. The van der Waals surface area contributed by atoms with Gasteiger partial charge in [0.05, 0.1) is 0 Å². The third-order valence-corrected chi connectivity index (χ3v) is 2.54. The van der Waals surface area contributed by atoms with Gasteiger partial charge in [-0.25, -0.2) is 4.98 Å². The zero-order chi connectivity index (χ0) is 12.4. The Morgan fingerprint density at radius 3 is 2.67 bits per heavy atom. The maximum atomic E-state index is 5.80. The molecule has 3 aromatic rings. The van der Waals surface area contributed by atoms with Gasteiger partial charge in [-0.05, 0) is 24.3 Å². The summed E-state index contributed by atoms with van der Waals surface area (Å²) in [4.78, 5) is 4.34. The van der Waals surface area contributed by atoms with E-state index in [0.717, 1.165) is 11.4 Å². The molecule has 0 amide bonds. The molecule has 0 saturated carbocycles. The molecule has 0 unspecified atom stereocenters. The molecule has 2 N–H and O–H groups in total. The van der Waals surface area contributed by atoms with Crippen molar-refractivity contribution in [1.82, 2.24) is 14.6 Å². The second kappa shape index (κ2) is 4.37. The summed E-state index contributed by atoms with van der Waals surface area (Å²) < 4.78 is 7.18. The minimum absolute atomic E-state index is 0.325. The number of nitrogen functional groups attached to an aromatic ring is 1. The third-order valence-electron chi connectivity index (χ3n) is 2.54. The third kappa shape index (κ3) is 1.98. The number of rotatable bonds is 3. The molecular formula is C13H12N4O. The van der Waals surface area contributed by atoms with Gasteiger partial charge in [0, 0.05) is 0 Å². The van der Waals surface area contributed by atoms with Crippen molar-refractivity contribution < 1.29 is 4.74 Å². The van der Waals surface area contributed by atoms with E-state index in [1.807, 2.05) is 42.5 Å². The van der Waals surface area contributed by atoms with Crippen LogP contribution in [0, 0.1) is 0 Å². The SMILES string of the molecule is Nc1cccc2nc(COc3ccccc3)nn12. The number of nitrogens with two attached hydrogens (primary N) is 1. The Kier molecular flexibility index (Phi) is 2.57. The van der Waals surface area contributed by atoms with Gasteiger partial charge < -0.3 is 10.5 Å². The van der Waals surface area contributed by atoms with Crippen molar-refractivity contribution in [1.29, 1.82) is 0 Å². The van der Waals surface area contributed by atoms with Crippen LogP contribution in [0.15, 0.2) is 48.5 Å². The monoisotopic (exact) mass is 240 g/mol. The van der Waals surface area contributed by atoms with Gasteiger partial charge in [-0.1, -0.05) is 24.3 Å². The number of pyridine rings is 1. The van der Waals surface area contributed by atoms with Crippen LogP contribution in [0.1, 0.15) is 5.82 Å². The molecule has 2 heterocycles. The highest BCUT2D eigenvalue weighted by molar-refractivity contribution is 5.45. The van der Waals surface area contributed by atoms with Crippen LogP contribution < -0.4 is 10.5 Å². The molecule has 0 aliphatic heterocycles. The second-order valence-corrected chi connectivity index (χ2v) is 3.85. The van der Waals surface area contributed by atoms with Crippen LogP contribution in [0.2, 0.25) is 0 Å². The van der Waals surface area contributed by atoms with Crippen molar-refractivity contribution in [3.63, 3.8) is 0 Å². The Balaban J connectivity index is 1.81. The highest BCUT2D eigenvalue weighted by Crippen LogP contribution is 2.12. The molecule has 0 aliphatic carbocycles. The van der Waals surface area contributed by atoms with Crippen LogP contribution >= 0.6 is 0 Å². The van der Waals surface area contributed by atoms with Crippen LogP contribution in [-0.4, -0.2) is 14.6 Å². The summed E-state index contributed by atoms with van der Waals surface area (Å²) >= 11 is 0. The van der Waals surface area contributed by atoms with Crippen molar-refractivity contribution in [3.05, 3.63) is 54.4 Å². The molecule has 90 valence electrons. The normalized spacial score (nSPS) is 10.7. The van der Waals surface area contributed by atoms with Gasteiger partial charge in [0.1, 0.15) is 18.2 Å². The molecule has 0 atom stereocenters. The molecule has 5 heteroatoms. The molecule has 0 aliphatic rings. The summed E-state index contributed by atoms with van der Waals surface area (Å²) in [5.41, 5.74) is 6.52. The van der Waals surface area contributed by atoms with E-state index in [9.17, 15) is 0 Å². The Bertz CT molecular complexity index is 663. The second-order valence-electron chi connectivity index (χ2n) is 3.85. The van der Waals surface area contributed by atoms with Gasteiger partial charge in [0.25, 0.3) is 0 Å². The van der Waals surface area contributed by atoms with Crippen LogP contribution in [0.25, 0.3) is 5.65 Å². The molecule has 0 spiro atoms. The molecule has 2 aromatic heterocycles. The molecular weight excluding hydrogens is 228 g/mol. The van der Waals surface area contributed by atoms with E-state index >= 15 is 0 Å². The lowest BCUT2D eigenvalue weighted by molar-refractivity contribution is 0.296.